The first-order valence-electron chi connectivity index (χ1n) is 9.22. The summed E-state index contributed by atoms with van der Waals surface area (Å²) in [6.07, 6.45) is 0.0303. The van der Waals surface area contributed by atoms with E-state index in [9.17, 15) is 14.0 Å². The Morgan fingerprint density at radius 1 is 1.25 bits per heavy atom. The lowest BCUT2D eigenvalue weighted by molar-refractivity contribution is -0.135. The molecule has 1 fully saturated rings. The molecule has 0 radical (unpaired) electrons. The number of hydrogen-bond donors (Lipinski definition) is 2. The molecule has 6 nitrogen and oxygen atoms in total. The number of amides is 2. The molecule has 148 valence electrons. The van der Waals surface area contributed by atoms with E-state index in [4.69, 9.17) is 4.74 Å². The Hall–Kier alpha value is -2.93. The van der Waals surface area contributed by atoms with Gasteiger partial charge in [-0.1, -0.05) is 30.3 Å². The Bertz CT molecular complexity index is 843. The van der Waals surface area contributed by atoms with Gasteiger partial charge in [0.2, 0.25) is 11.8 Å². The normalized spacial score (nSPS) is 16.5. The molecular weight excluding hydrogens is 361 g/mol. The van der Waals surface area contributed by atoms with Crippen molar-refractivity contribution in [1.82, 2.24) is 15.5 Å². The van der Waals surface area contributed by atoms with E-state index in [0.717, 1.165) is 11.3 Å². The predicted octanol–water partition coefficient (Wildman–Crippen LogP) is 1.67. The number of carbonyl (C=O) groups is 2. The molecule has 28 heavy (non-hydrogen) atoms. The summed E-state index contributed by atoms with van der Waals surface area (Å²) >= 11 is 0. The summed E-state index contributed by atoms with van der Waals surface area (Å²) in [6.45, 7) is 1.75. The number of nitrogens with one attached hydrogen (secondary N) is 2. The van der Waals surface area contributed by atoms with Gasteiger partial charge in [-0.15, -0.1) is 0 Å². The minimum atomic E-state index is -0.387. The predicted molar refractivity (Wildman–Crippen MR) is 103 cm³/mol. The summed E-state index contributed by atoms with van der Waals surface area (Å²) in [5.74, 6) is -0.140. The Labute approximate surface area is 163 Å². The van der Waals surface area contributed by atoms with Gasteiger partial charge in [0.05, 0.1) is 26.1 Å². The molecule has 0 spiro atoms. The highest BCUT2D eigenvalue weighted by Gasteiger charge is 2.29. The molecular formula is C21H24FN3O3. The number of piperazine rings is 1. The average Bonchev–Trinajstić information content (AvgIpc) is 2.72. The number of para-hydroxylation sites is 1. The van der Waals surface area contributed by atoms with Gasteiger partial charge in [-0.2, -0.15) is 0 Å². The second kappa shape index (κ2) is 9.32. The number of carbonyl (C=O) groups excluding carboxylic acids is 2. The minimum Gasteiger partial charge on any atom is -0.496 e. The van der Waals surface area contributed by atoms with E-state index >= 15 is 0 Å². The number of rotatable bonds is 6. The third-order valence-electron chi connectivity index (χ3n) is 4.75. The highest BCUT2D eigenvalue weighted by molar-refractivity contribution is 5.86. The third-order valence-corrected chi connectivity index (χ3v) is 4.75. The van der Waals surface area contributed by atoms with Crippen molar-refractivity contribution in [1.29, 1.82) is 0 Å². The zero-order valence-corrected chi connectivity index (χ0v) is 15.8. The monoisotopic (exact) mass is 385 g/mol. The maximum Gasteiger partial charge on any atom is 0.242 e. The molecule has 0 aliphatic carbocycles. The first-order chi connectivity index (χ1) is 13.6. The van der Waals surface area contributed by atoms with Crippen LogP contribution in [0.25, 0.3) is 0 Å². The van der Waals surface area contributed by atoms with Crippen LogP contribution >= 0.6 is 0 Å². The lowest BCUT2D eigenvalue weighted by atomic mass is 10.0. The minimum absolute atomic E-state index is 0.0303. The summed E-state index contributed by atoms with van der Waals surface area (Å²) in [5, 5.41) is 5.94. The Morgan fingerprint density at radius 2 is 2.07 bits per heavy atom. The molecule has 0 bridgehead atoms. The van der Waals surface area contributed by atoms with E-state index in [1.54, 1.807) is 24.1 Å². The summed E-state index contributed by atoms with van der Waals surface area (Å²) in [6, 6.07) is 13.3. The molecule has 0 saturated carbocycles. The van der Waals surface area contributed by atoms with Gasteiger partial charge in [-0.05, 0) is 23.8 Å². The number of nitrogens with zero attached hydrogens (tertiary/aromatic N) is 1. The molecule has 2 N–H and O–H groups in total. The van der Waals surface area contributed by atoms with Crippen LogP contribution in [-0.4, -0.2) is 50.0 Å². The fourth-order valence-corrected chi connectivity index (χ4v) is 3.39. The number of benzene rings is 2. The maximum absolute atomic E-state index is 13.2. The van der Waals surface area contributed by atoms with Crippen LogP contribution in [0.2, 0.25) is 0 Å². The Kier molecular flexibility index (Phi) is 6.60. The van der Waals surface area contributed by atoms with Crippen LogP contribution in [0.3, 0.4) is 0 Å². The van der Waals surface area contributed by atoms with Gasteiger partial charge in [0.1, 0.15) is 11.6 Å². The zero-order chi connectivity index (χ0) is 19.9. The molecule has 1 saturated heterocycles. The summed E-state index contributed by atoms with van der Waals surface area (Å²) in [4.78, 5) is 26.7. The number of hydrogen-bond acceptors (Lipinski definition) is 4. The molecule has 2 amide bonds. The van der Waals surface area contributed by atoms with E-state index in [-0.39, 0.29) is 36.6 Å². The van der Waals surface area contributed by atoms with Crippen molar-refractivity contribution < 1.29 is 18.7 Å². The van der Waals surface area contributed by atoms with Gasteiger partial charge in [0.15, 0.2) is 0 Å². The van der Waals surface area contributed by atoms with Crippen LogP contribution in [0.1, 0.15) is 17.2 Å². The largest absolute Gasteiger partial charge is 0.496 e. The molecule has 3 rings (SSSR count). The van der Waals surface area contributed by atoms with Gasteiger partial charge < -0.3 is 20.3 Å². The van der Waals surface area contributed by atoms with Crippen molar-refractivity contribution in [2.45, 2.75) is 12.5 Å². The summed E-state index contributed by atoms with van der Waals surface area (Å²) in [5.41, 5.74) is 1.50. The highest BCUT2D eigenvalue weighted by atomic mass is 19.1. The molecule has 1 atom stereocenters. The van der Waals surface area contributed by atoms with Crippen molar-refractivity contribution in [3.05, 3.63) is 65.5 Å². The first kappa shape index (κ1) is 19.8. The second-order valence-electron chi connectivity index (χ2n) is 6.63. The van der Waals surface area contributed by atoms with Crippen molar-refractivity contribution in [3.63, 3.8) is 0 Å². The van der Waals surface area contributed by atoms with Gasteiger partial charge in [-0.25, -0.2) is 4.39 Å². The third kappa shape index (κ3) is 4.86. The molecule has 2 aromatic carbocycles. The number of ether oxygens (including phenoxy) is 1. The first-order valence-corrected chi connectivity index (χ1v) is 9.22. The topological polar surface area (TPSA) is 70.7 Å². The molecule has 1 heterocycles. The summed E-state index contributed by atoms with van der Waals surface area (Å²) < 4.78 is 18.7. The quantitative estimate of drug-likeness (QED) is 0.794. The summed E-state index contributed by atoms with van der Waals surface area (Å²) in [7, 11) is 1.61. The van der Waals surface area contributed by atoms with Crippen LogP contribution in [0.15, 0.2) is 48.5 Å². The second-order valence-corrected chi connectivity index (χ2v) is 6.63. The van der Waals surface area contributed by atoms with Crippen LogP contribution in [0.5, 0.6) is 5.75 Å². The Morgan fingerprint density at radius 3 is 2.86 bits per heavy atom. The standard InChI is InChI=1S/C21H24FN3O3/c1-28-19-8-3-2-7-17(19)18-13-23-9-10-25(18)21(27)14-24-20(26)12-15-5-4-6-16(22)11-15/h2-8,11,18,23H,9-10,12-14H2,1H3,(H,24,26). The van der Waals surface area contributed by atoms with Crippen molar-refractivity contribution in [3.8, 4) is 5.75 Å². The maximum atomic E-state index is 13.2. The molecule has 0 aromatic heterocycles. The van der Waals surface area contributed by atoms with Crippen LogP contribution < -0.4 is 15.4 Å². The van der Waals surface area contributed by atoms with Crippen LogP contribution in [-0.2, 0) is 16.0 Å². The van der Waals surface area contributed by atoms with E-state index in [1.165, 1.54) is 12.1 Å². The van der Waals surface area contributed by atoms with Crippen LogP contribution in [0, 0.1) is 5.82 Å². The zero-order valence-electron chi connectivity index (χ0n) is 15.8. The lowest BCUT2D eigenvalue weighted by Gasteiger charge is -2.37. The van der Waals surface area contributed by atoms with Crippen molar-refractivity contribution in [2.24, 2.45) is 0 Å². The van der Waals surface area contributed by atoms with Crippen molar-refractivity contribution in [2.75, 3.05) is 33.3 Å². The van der Waals surface area contributed by atoms with E-state index in [2.05, 4.69) is 10.6 Å². The Balaban J connectivity index is 1.62. The van der Waals surface area contributed by atoms with E-state index in [0.29, 0.717) is 25.2 Å². The number of methoxy groups -OCH3 is 1. The molecule has 7 heteroatoms. The molecule has 2 aromatic rings. The highest BCUT2D eigenvalue weighted by Crippen LogP contribution is 2.30. The fourth-order valence-electron chi connectivity index (χ4n) is 3.39. The number of halogens is 1. The van der Waals surface area contributed by atoms with Gasteiger partial charge in [0, 0.05) is 25.2 Å². The SMILES string of the molecule is COc1ccccc1C1CNCCN1C(=O)CNC(=O)Cc1cccc(F)c1. The lowest BCUT2D eigenvalue weighted by Crippen LogP contribution is -2.51. The van der Waals surface area contributed by atoms with Gasteiger partial charge >= 0.3 is 0 Å². The van der Waals surface area contributed by atoms with Gasteiger partial charge in [-0.3, -0.25) is 9.59 Å². The van der Waals surface area contributed by atoms with Crippen molar-refractivity contribution >= 4 is 11.8 Å². The van der Waals surface area contributed by atoms with Gasteiger partial charge in [0.25, 0.3) is 0 Å². The molecule has 1 aliphatic rings. The van der Waals surface area contributed by atoms with E-state index < -0.39 is 0 Å². The van der Waals surface area contributed by atoms with E-state index in [1.807, 2.05) is 24.3 Å². The molecule has 1 aliphatic heterocycles. The average molecular weight is 385 g/mol. The smallest absolute Gasteiger partial charge is 0.242 e. The fraction of sp³-hybridized carbons (Fsp3) is 0.333. The van der Waals surface area contributed by atoms with Crippen LogP contribution in [0.4, 0.5) is 4.39 Å². The molecule has 1 unspecified atom stereocenters.